The molecule has 5 aliphatic carbocycles. The Morgan fingerprint density at radius 1 is 0.271 bits per heavy atom. The van der Waals surface area contributed by atoms with Crippen molar-refractivity contribution in [1.82, 2.24) is 0 Å². The maximum atomic E-state index is 17.2. The van der Waals surface area contributed by atoms with E-state index in [1.807, 2.05) is 6.92 Å². The third kappa shape index (κ3) is 2.32. The van der Waals surface area contributed by atoms with E-state index in [0.29, 0.717) is 19.8 Å². The van der Waals surface area contributed by atoms with Crippen molar-refractivity contribution in [3.8, 4) is 0 Å². The molecule has 0 atom stereocenters. The molecule has 0 aromatic heterocycles. The Kier molecular flexibility index (Phi) is 4.11. The number of aliphatic hydroxyl groups excluding tert-OH is 1. The second-order valence-corrected chi connectivity index (χ2v) is 28.1. The quantitative estimate of drug-likeness (QED) is 0.0328. The van der Waals surface area contributed by atoms with Crippen LogP contribution in [0.4, 0.5) is 0 Å². The van der Waals surface area contributed by atoms with Gasteiger partial charge in [-0.25, -0.2) is 4.79 Å². The number of benzene rings is 18. The Labute approximate surface area is 465 Å². The van der Waals surface area contributed by atoms with Gasteiger partial charge in [-0.05, 0) is 320 Å². The number of esters is 3. The Balaban J connectivity index is 0.821. The summed E-state index contributed by atoms with van der Waals surface area (Å²) in [6.07, 6.45) is 0. The number of hydrogen-bond acceptors (Lipinski definition) is 10. The topological polar surface area (TPSA) is 127 Å². The van der Waals surface area contributed by atoms with E-state index >= 15 is 9.59 Å². The zero-order chi connectivity index (χ0) is 53.0. The Morgan fingerprint density at radius 2 is 0.471 bits per heavy atom. The van der Waals surface area contributed by atoms with Gasteiger partial charge in [0.2, 0.25) is 0 Å². The molecule has 1 fully saturated rings. The number of aliphatic hydroxyl groups is 1. The van der Waals surface area contributed by atoms with Gasteiger partial charge in [0.25, 0.3) is 0 Å². The number of rotatable bonds is 16. The predicted octanol–water partition coefficient (Wildman–Crippen LogP) is 15.0. The summed E-state index contributed by atoms with van der Waals surface area (Å²) >= 11 is 0. The summed E-state index contributed by atoms with van der Waals surface area (Å²) in [5.74, 6) is -1.96. The third-order valence-electron chi connectivity index (χ3n) is 27.1. The van der Waals surface area contributed by atoms with E-state index in [-0.39, 0.29) is 39.6 Å². The van der Waals surface area contributed by atoms with Crippen LogP contribution in [0.2, 0.25) is 0 Å². The highest BCUT2D eigenvalue weighted by Gasteiger charge is 3.01. The van der Waals surface area contributed by atoms with Crippen LogP contribution in [0.25, 0.3) is 291 Å². The molecule has 0 radical (unpaired) electrons. The molecule has 85 heavy (non-hydrogen) atoms. The Morgan fingerprint density at radius 3 is 0.694 bits per heavy atom. The monoisotopic (exact) mass is 1080 g/mol. The highest BCUT2D eigenvalue weighted by molar-refractivity contribution is 6.82. The second-order valence-electron chi connectivity index (χ2n) is 28.1. The molecule has 0 aliphatic heterocycles. The minimum atomic E-state index is -1.95. The molecule has 384 valence electrons. The lowest BCUT2D eigenvalue weighted by Crippen LogP contribution is -2.39. The largest absolute Gasteiger partial charge is 0.465 e. The maximum absolute atomic E-state index is 17.2. The van der Waals surface area contributed by atoms with Crippen LogP contribution in [0, 0.1) is 5.41 Å². The molecule has 2 spiro atoms. The van der Waals surface area contributed by atoms with E-state index in [0.717, 1.165) is 22.3 Å². The molecule has 0 bridgehead atoms. The van der Waals surface area contributed by atoms with Gasteiger partial charge in [0.15, 0.2) is 12.0 Å². The fraction of sp³-hybridized carbons (Fsp3) is 0.187. The van der Waals surface area contributed by atoms with Gasteiger partial charge < -0.3 is 33.5 Å². The van der Waals surface area contributed by atoms with Crippen LogP contribution >= 0.6 is 0 Å². The number of carbonyl (C=O) groups excluding carboxylic acids is 3. The first-order chi connectivity index (χ1) is 42.1. The van der Waals surface area contributed by atoms with E-state index in [2.05, 4.69) is 0 Å². The highest BCUT2D eigenvalue weighted by Crippen LogP contribution is 2.96. The summed E-state index contributed by atoms with van der Waals surface area (Å²) in [6, 6.07) is 0. The first-order valence-electron chi connectivity index (χ1n) is 30.7. The smallest absolute Gasteiger partial charge is 0.344 e. The molecule has 10 nitrogen and oxygen atoms in total. The van der Waals surface area contributed by atoms with Gasteiger partial charge in [0, 0.05) is 0 Å². The van der Waals surface area contributed by atoms with Crippen molar-refractivity contribution in [2.24, 2.45) is 5.41 Å². The van der Waals surface area contributed by atoms with Crippen molar-refractivity contribution < 1.29 is 47.9 Å². The van der Waals surface area contributed by atoms with Crippen LogP contribution < -0.4 is 0 Å². The molecule has 0 heterocycles. The van der Waals surface area contributed by atoms with E-state index in [4.69, 9.17) is 33.5 Å². The lowest BCUT2D eigenvalue weighted by molar-refractivity contribution is -0.171. The normalized spacial score (nSPS) is 22.0. The first kappa shape index (κ1) is 37.1. The van der Waals surface area contributed by atoms with Crippen LogP contribution in [0.5, 0.6) is 0 Å². The fourth-order valence-corrected chi connectivity index (χ4v) is 26.6. The van der Waals surface area contributed by atoms with Gasteiger partial charge in [0.05, 0.1) is 63.7 Å². The molecule has 5 aliphatic rings. The van der Waals surface area contributed by atoms with Crippen LogP contribution in [-0.4, -0.2) is 89.1 Å². The number of carbonyl (C=O) groups is 3. The summed E-state index contributed by atoms with van der Waals surface area (Å²) < 4.78 is 35.7. The molecule has 28 aromatic carbocycles. The van der Waals surface area contributed by atoms with Crippen molar-refractivity contribution in [3.63, 3.8) is 0 Å². The van der Waals surface area contributed by atoms with Crippen LogP contribution in [0.3, 0.4) is 0 Å². The second kappa shape index (κ2) is 9.41. The number of hydrogen-bond donors (Lipinski definition) is 1. The molecule has 1 N–H and O–H groups in total. The molecular formula is C75H24O10. The van der Waals surface area contributed by atoms with Gasteiger partial charge >= 0.3 is 17.9 Å². The molecule has 33 rings (SSSR count). The Hall–Kier alpha value is -9.29. The average molecular weight is 1090 g/mol. The minimum absolute atomic E-state index is 0.0387. The molecule has 0 amide bonds. The maximum Gasteiger partial charge on any atom is 0.344 e. The van der Waals surface area contributed by atoms with Gasteiger partial charge in [-0.2, -0.15) is 0 Å². The molecule has 10 heteroatoms. The molecular weight excluding hydrogens is 1060 g/mol. The summed E-state index contributed by atoms with van der Waals surface area (Å²) in [6.45, 7) is 2.94. The van der Waals surface area contributed by atoms with Gasteiger partial charge in [-0.1, -0.05) is 0 Å². The van der Waals surface area contributed by atoms with Crippen molar-refractivity contribution in [1.29, 1.82) is 0 Å². The third-order valence-corrected chi connectivity index (χ3v) is 27.1. The van der Waals surface area contributed by atoms with E-state index < -0.39 is 40.8 Å². The molecule has 0 saturated heterocycles. The summed E-state index contributed by atoms with van der Waals surface area (Å²) in [4.78, 5) is 48.4. The Bertz CT molecular complexity index is 7120. The number of ether oxygens (including phenoxy) is 6. The van der Waals surface area contributed by atoms with E-state index in [1.165, 1.54) is 291 Å². The van der Waals surface area contributed by atoms with Gasteiger partial charge in [-0.15, -0.1) is 0 Å². The average Bonchev–Trinajstić information content (AvgIpc) is 1.36. The minimum Gasteiger partial charge on any atom is -0.465 e. The first-order valence-corrected chi connectivity index (χ1v) is 30.7. The van der Waals surface area contributed by atoms with Crippen molar-refractivity contribution >= 4 is 309 Å². The van der Waals surface area contributed by atoms with E-state index in [9.17, 15) is 4.79 Å². The fourth-order valence-electron chi connectivity index (χ4n) is 26.6. The predicted molar refractivity (Wildman–Crippen MR) is 334 cm³/mol. The lowest BCUT2D eigenvalue weighted by atomic mass is 9.68. The van der Waals surface area contributed by atoms with Crippen molar-refractivity contribution in [2.75, 3.05) is 66.1 Å². The summed E-state index contributed by atoms with van der Waals surface area (Å²) in [7, 11) is 0. The van der Waals surface area contributed by atoms with Gasteiger partial charge in [-0.3, -0.25) is 9.59 Å². The van der Waals surface area contributed by atoms with Crippen LogP contribution in [-0.2, 0) is 53.6 Å². The summed E-state index contributed by atoms with van der Waals surface area (Å²) in [5.41, 5.74) is 0.108. The zero-order valence-electron chi connectivity index (χ0n) is 44.2. The molecule has 28 aromatic rings. The lowest BCUT2D eigenvalue weighted by Gasteiger charge is -2.32. The van der Waals surface area contributed by atoms with Crippen molar-refractivity contribution in [3.05, 3.63) is 22.3 Å². The van der Waals surface area contributed by atoms with Gasteiger partial charge in [0.1, 0.15) is 6.61 Å². The zero-order valence-corrected chi connectivity index (χ0v) is 44.2. The van der Waals surface area contributed by atoms with E-state index in [1.54, 1.807) is 0 Å². The highest BCUT2D eigenvalue weighted by atomic mass is 16.6. The van der Waals surface area contributed by atoms with Crippen LogP contribution in [0.15, 0.2) is 0 Å². The summed E-state index contributed by atoms with van der Waals surface area (Å²) in [5, 5.41) is 85.2. The molecule has 1 saturated carbocycles. The SMILES string of the molecule is CCOC(=O)C1(C(=O)OCC(=O)OCCOCCOCCOCCO)C23c4c5c6c7c8c9c(c%10c%11c2c2c4c4c%12c5c5c6c6c8c8c%13c9c9c%10c%10c%11c%11c2c2c4c4c%12c%12c5c5c6c8c6c8c%13c9c9c%10c%10c%11c2c2c4c4c%12c5c6c5c8c9c%10c2c45)C713. The van der Waals surface area contributed by atoms with Crippen molar-refractivity contribution in [2.45, 2.75) is 17.8 Å². The standard InChI is InChI=1S/C75H24O10/c1-2-83-71(78)75(72(79)85-11-12(77)84-10-9-82-8-7-81-6-5-80-4-3-76)73-67-59-51-41-31-23-15-13-14-17-21-19(15)27-35-29(21)39-33-25(17)26-18(14)22-20-16(13)24(23)32-38-28(20)36-30(22)40-34(26)44-43(33)53-47(39)57-49(35)55(45(51)37(27)31)63(67)65(57)69-61(53)62-54(44)48(40)58-50(36)56-46(38)52(42(32)41)60(59)68(73)64(56)66(58)70(62)74(69,73)75/h76H,2-11H2,1H3. The van der Waals surface area contributed by atoms with Crippen LogP contribution in [0.1, 0.15) is 29.2 Å². The molecule has 0 unspecified atom stereocenters.